The lowest BCUT2D eigenvalue weighted by Gasteiger charge is -2.29. The quantitative estimate of drug-likeness (QED) is 0.223. The number of amidine groups is 1. The van der Waals surface area contributed by atoms with Gasteiger partial charge in [-0.2, -0.15) is 16.8 Å². The van der Waals surface area contributed by atoms with Crippen LogP contribution in [-0.4, -0.2) is 31.6 Å². The lowest BCUT2D eigenvalue weighted by atomic mass is 10.2. The van der Waals surface area contributed by atoms with E-state index in [0.717, 1.165) is 29.2 Å². The number of hydrogen-bond donors (Lipinski definition) is 1. The maximum atomic E-state index is 14.0. The predicted molar refractivity (Wildman–Crippen MR) is 163 cm³/mol. The summed E-state index contributed by atoms with van der Waals surface area (Å²) in [6, 6.07) is 17.7. The summed E-state index contributed by atoms with van der Waals surface area (Å²) in [7, 11) is -9.50. The summed E-state index contributed by atoms with van der Waals surface area (Å²) < 4.78 is 56.1. The number of thioether (sulfide) groups is 1. The molecule has 16 heteroatoms. The molecule has 0 fully saturated rings. The minimum atomic E-state index is -4.83. The van der Waals surface area contributed by atoms with Crippen molar-refractivity contribution in [3.05, 3.63) is 97.2 Å². The second kappa shape index (κ2) is 11.3. The number of benzene rings is 3. The zero-order valence-electron chi connectivity index (χ0n) is 19.5. The van der Waals surface area contributed by atoms with Crippen LogP contribution >= 0.6 is 73.8 Å². The number of fused-ring (bicyclic) bond motifs is 1. The van der Waals surface area contributed by atoms with Crippen LogP contribution in [-0.2, 0) is 20.0 Å². The van der Waals surface area contributed by atoms with Crippen molar-refractivity contribution in [3.8, 4) is 0 Å². The molecule has 1 N–H and O–H groups in total. The van der Waals surface area contributed by atoms with Crippen LogP contribution in [0.2, 0.25) is 15.1 Å². The molecule has 0 bridgehead atoms. The van der Waals surface area contributed by atoms with Crippen molar-refractivity contribution in [1.29, 1.82) is 0 Å². The molecule has 8 nitrogen and oxygen atoms in total. The first-order valence-electron chi connectivity index (χ1n) is 10.9. The fourth-order valence-electron chi connectivity index (χ4n) is 3.51. The molecular weight excluding hydrogens is 725 g/mol. The summed E-state index contributed by atoms with van der Waals surface area (Å²) in [6.07, 6.45) is 0. The average molecular weight is 738 g/mol. The van der Waals surface area contributed by atoms with Gasteiger partial charge >= 0.3 is 0 Å². The molecule has 1 amide bonds. The average Bonchev–Trinajstić information content (AvgIpc) is 3.33. The smallest absolute Gasteiger partial charge is 0.288 e. The molecule has 0 saturated heterocycles. The van der Waals surface area contributed by atoms with Crippen LogP contribution in [0.15, 0.2) is 95.6 Å². The minimum Gasteiger partial charge on any atom is -0.322 e. The van der Waals surface area contributed by atoms with Crippen LogP contribution in [0.1, 0.15) is 10.4 Å². The van der Waals surface area contributed by atoms with Gasteiger partial charge in [0.25, 0.3) is 26.0 Å². The van der Waals surface area contributed by atoms with E-state index in [1.807, 2.05) is 0 Å². The van der Waals surface area contributed by atoms with Gasteiger partial charge in [0.1, 0.15) is 9.10 Å². The van der Waals surface area contributed by atoms with Gasteiger partial charge in [-0.25, -0.2) is 4.99 Å². The molecule has 1 aromatic heterocycles. The van der Waals surface area contributed by atoms with E-state index in [-0.39, 0.29) is 39.3 Å². The number of carbonyl (C=O) groups excluding carboxylic acids is 1. The molecule has 0 unspecified atom stereocenters. The molecule has 1 aliphatic rings. The lowest BCUT2D eigenvalue weighted by Crippen LogP contribution is -2.42. The first kappa shape index (κ1) is 29.4. The molecule has 5 rings (SSSR count). The maximum Gasteiger partial charge on any atom is 0.288 e. The number of rotatable bonds is 5. The van der Waals surface area contributed by atoms with Crippen molar-refractivity contribution in [2.75, 3.05) is 5.32 Å². The summed E-state index contributed by atoms with van der Waals surface area (Å²) >= 11 is 23.4. The van der Waals surface area contributed by atoms with Gasteiger partial charge in [0.15, 0.2) is 5.17 Å². The number of hydrogen-bond acceptors (Lipinski definition) is 8. The second-order valence-electron chi connectivity index (χ2n) is 7.95. The van der Waals surface area contributed by atoms with Gasteiger partial charge in [0.05, 0.1) is 25.1 Å². The van der Waals surface area contributed by atoms with E-state index in [2.05, 4.69) is 26.2 Å². The van der Waals surface area contributed by atoms with Gasteiger partial charge in [0, 0.05) is 15.6 Å². The third-order valence-corrected chi connectivity index (χ3v) is 13.8. The third kappa shape index (κ3) is 5.66. The van der Waals surface area contributed by atoms with E-state index in [9.17, 15) is 21.6 Å². The molecule has 0 saturated carbocycles. The largest absolute Gasteiger partial charge is 0.322 e. The van der Waals surface area contributed by atoms with Gasteiger partial charge in [0.2, 0.25) is 0 Å². The van der Waals surface area contributed by atoms with Crippen molar-refractivity contribution >= 4 is 116 Å². The van der Waals surface area contributed by atoms with Crippen LogP contribution in [0.4, 0.5) is 11.4 Å². The Balaban J connectivity index is 1.67. The van der Waals surface area contributed by atoms with Crippen LogP contribution in [0, 0.1) is 0 Å². The molecule has 1 aliphatic heterocycles. The zero-order valence-corrected chi connectivity index (χ0v) is 26.6. The number of aliphatic imine (C=N–C) groups is 1. The number of para-hydroxylation sites is 1. The Hall–Kier alpha value is -2.10. The van der Waals surface area contributed by atoms with E-state index in [0.29, 0.717) is 14.5 Å². The van der Waals surface area contributed by atoms with Gasteiger partial charge in [-0.1, -0.05) is 46.9 Å². The Morgan fingerprint density at radius 3 is 2.30 bits per heavy atom. The molecule has 40 heavy (non-hydrogen) atoms. The molecule has 0 spiro atoms. The first-order valence-corrected chi connectivity index (χ1v) is 17.3. The summed E-state index contributed by atoms with van der Waals surface area (Å²) in [5, 5.41) is 2.82. The first-order chi connectivity index (χ1) is 18.9. The van der Waals surface area contributed by atoms with Crippen molar-refractivity contribution in [1.82, 2.24) is 3.71 Å². The molecule has 0 atom stereocenters. The van der Waals surface area contributed by atoms with Gasteiger partial charge in [-0.3, -0.25) is 4.79 Å². The number of nitrogens with zero attached hydrogens (tertiary/aromatic N) is 2. The fraction of sp³-hybridized carbons (Fsp3) is 0. The zero-order chi connectivity index (χ0) is 28.8. The van der Waals surface area contributed by atoms with E-state index in [1.54, 1.807) is 36.4 Å². The normalized spacial score (nSPS) is 15.6. The molecule has 3 aromatic carbocycles. The maximum absolute atomic E-state index is 14.0. The number of amides is 1. The standard InChI is InChI=1S/C24H13BrCl3N3O5S4/c25-21-9-10-22(38-21)40(35,36)31-24(30-18-4-2-1-3-16(18)27)37-19-12-17(28)15(11-20(19)39(31,33)34)23(32)29-14-7-5-13(26)6-8-14/h1-12H,(H,29,32). The number of anilines is 1. The predicted octanol–water partition coefficient (Wildman–Crippen LogP) is 7.90. The van der Waals surface area contributed by atoms with Gasteiger partial charge < -0.3 is 5.32 Å². The van der Waals surface area contributed by atoms with E-state index >= 15 is 0 Å². The van der Waals surface area contributed by atoms with Crippen molar-refractivity contribution in [2.45, 2.75) is 14.0 Å². The van der Waals surface area contributed by atoms with Gasteiger partial charge in [-0.05, 0) is 88.4 Å². The second-order valence-corrected chi connectivity index (χ2v) is 16.7. The SMILES string of the molecule is O=C(Nc1ccc(Cl)cc1)c1cc2c(cc1Cl)SC(=Nc1ccccc1Cl)N(S(=O)(=O)c1ccc(Br)s1)S2(=O)=O. The number of sulfonamides is 2. The van der Waals surface area contributed by atoms with E-state index in [4.69, 9.17) is 34.8 Å². The minimum absolute atomic E-state index is 0.0523. The molecule has 4 aromatic rings. The summed E-state index contributed by atoms with van der Waals surface area (Å²) in [6.45, 7) is 0. The topological polar surface area (TPSA) is 113 Å². The molecule has 2 heterocycles. The monoisotopic (exact) mass is 735 g/mol. The van der Waals surface area contributed by atoms with Crippen LogP contribution in [0.5, 0.6) is 0 Å². The summed E-state index contributed by atoms with van der Waals surface area (Å²) in [4.78, 5) is 17.0. The van der Waals surface area contributed by atoms with E-state index in [1.165, 1.54) is 30.3 Å². The number of nitrogens with one attached hydrogen (secondary N) is 1. The van der Waals surface area contributed by atoms with Crippen molar-refractivity contribution in [3.63, 3.8) is 0 Å². The Morgan fingerprint density at radius 2 is 1.65 bits per heavy atom. The molecule has 206 valence electrons. The van der Waals surface area contributed by atoms with Crippen molar-refractivity contribution < 1.29 is 21.6 Å². The molecule has 0 radical (unpaired) electrons. The molecular formula is C24H13BrCl3N3O5S4. The third-order valence-electron chi connectivity index (χ3n) is 5.32. The highest BCUT2D eigenvalue weighted by Gasteiger charge is 2.46. The Labute approximate surface area is 261 Å². The summed E-state index contributed by atoms with van der Waals surface area (Å²) in [5.41, 5.74) is 0.368. The van der Waals surface area contributed by atoms with Crippen LogP contribution < -0.4 is 5.32 Å². The van der Waals surface area contributed by atoms with Crippen LogP contribution in [0.25, 0.3) is 0 Å². The highest BCUT2D eigenvalue weighted by atomic mass is 79.9. The highest BCUT2D eigenvalue weighted by molar-refractivity contribution is 9.11. The fourth-order valence-corrected chi connectivity index (χ4v) is 11.8. The van der Waals surface area contributed by atoms with Crippen molar-refractivity contribution in [2.24, 2.45) is 4.99 Å². The van der Waals surface area contributed by atoms with Crippen LogP contribution in [0.3, 0.4) is 0 Å². The lowest BCUT2D eigenvalue weighted by molar-refractivity contribution is 0.102. The Morgan fingerprint density at radius 1 is 0.950 bits per heavy atom. The number of halogens is 4. The Bertz CT molecular complexity index is 1910. The van der Waals surface area contributed by atoms with Gasteiger partial charge in [-0.15, -0.1) is 15.0 Å². The Kier molecular flexibility index (Phi) is 8.30. The number of thiophene rings is 1. The summed E-state index contributed by atoms with van der Waals surface area (Å²) in [5.74, 6) is -0.706. The number of carbonyl (C=O) groups is 1. The van der Waals surface area contributed by atoms with E-state index < -0.39 is 30.8 Å². The molecule has 0 aliphatic carbocycles. The highest BCUT2D eigenvalue weighted by Crippen LogP contribution is 2.45.